The summed E-state index contributed by atoms with van der Waals surface area (Å²) < 4.78 is 6.96. The molecule has 2 amide bonds. The highest BCUT2D eigenvalue weighted by atomic mass is 16.5. The van der Waals surface area contributed by atoms with E-state index in [1.807, 2.05) is 31.1 Å². The number of ether oxygens (including phenoxy) is 1. The Bertz CT molecular complexity index is 765. The number of nitrogens with zero attached hydrogens (tertiary/aromatic N) is 4. The number of hydrogen-bond donors (Lipinski definition) is 1. The number of fused-ring (bicyclic) bond motifs is 1. The Morgan fingerprint density at radius 3 is 2.76 bits per heavy atom. The van der Waals surface area contributed by atoms with Gasteiger partial charge in [0.25, 0.3) is 11.8 Å². The van der Waals surface area contributed by atoms with Gasteiger partial charge in [-0.1, -0.05) is 6.07 Å². The van der Waals surface area contributed by atoms with Crippen LogP contribution < -0.4 is 5.32 Å². The summed E-state index contributed by atoms with van der Waals surface area (Å²) in [5.41, 5.74) is 0.942. The maximum atomic E-state index is 12.8. The molecule has 0 aliphatic carbocycles. The Kier molecular flexibility index (Phi) is 5.30. The molecule has 0 unspecified atom stereocenters. The zero-order valence-electron chi connectivity index (χ0n) is 14.6. The van der Waals surface area contributed by atoms with E-state index >= 15 is 0 Å². The van der Waals surface area contributed by atoms with Crippen molar-refractivity contribution in [2.45, 2.75) is 0 Å². The highest BCUT2D eigenvalue weighted by molar-refractivity contribution is 6.02. The number of aromatic nitrogens is 2. The molecule has 1 aliphatic heterocycles. The van der Waals surface area contributed by atoms with Gasteiger partial charge in [0.15, 0.2) is 5.69 Å². The summed E-state index contributed by atoms with van der Waals surface area (Å²) in [5.74, 6) is -0.227. The van der Waals surface area contributed by atoms with Crippen molar-refractivity contribution < 1.29 is 14.3 Å². The fraction of sp³-hybridized carbons (Fsp3) is 0.471. The molecule has 3 rings (SSSR count). The SMILES string of the molecule is CN(C)CCNC(=O)c1nc(C(=O)N2CCOCC2)c2ccccn12. The number of carbonyl (C=O) groups excluding carboxylic acids is 2. The van der Waals surface area contributed by atoms with Gasteiger partial charge in [-0.15, -0.1) is 0 Å². The molecule has 0 radical (unpaired) electrons. The van der Waals surface area contributed by atoms with Crippen LogP contribution in [0.1, 0.15) is 21.1 Å². The fourth-order valence-electron chi connectivity index (χ4n) is 2.74. The molecule has 0 bridgehead atoms. The van der Waals surface area contributed by atoms with E-state index in [0.29, 0.717) is 44.1 Å². The van der Waals surface area contributed by atoms with Gasteiger partial charge in [0, 0.05) is 32.4 Å². The van der Waals surface area contributed by atoms with Crippen LogP contribution >= 0.6 is 0 Å². The molecule has 8 heteroatoms. The van der Waals surface area contributed by atoms with Gasteiger partial charge in [0.05, 0.1) is 18.7 Å². The predicted molar refractivity (Wildman–Crippen MR) is 92.8 cm³/mol. The van der Waals surface area contributed by atoms with Crippen LogP contribution in [0.2, 0.25) is 0 Å². The Balaban J connectivity index is 1.87. The Labute approximate surface area is 146 Å². The average molecular weight is 345 g/mol. The van der Waals surface area contributed by atoms with Crippen LogP contribution in [0, 0.1) is 0 Å². The van der Waals surface area contributed by atoms with Crippen molar-refractivity contribution in [1.29, 1.82) is 0 Å². The number of nitrogens with one attached hydrogen (secondary N) is 1. The molecule has 0 aromatic carbocycles. The van der Waals surface area contributed by atoms with E-state index in [1.165, 1.54) is 0 Å². The molecule has 1 saturated heterocycles. The van der Waals surface area contributed by atoms with Crippen molar-refractivity contribution in [2.75, 3.05) is 53.5 Å². The summed E-state index contributed by atoms with van der Waals surface area (Å²) in [5, 5.41) is 2.85. The second-order valence-corrected chi connectivity index (χ2v) is 6.20. The minimum atomic E-state index is -0.288. The number of hydrogen-bond acceptors (Lipinski definition) is 5. The van der Waals surface area contributed by atoms with E-state index in [2.05, 4.69) is 10.3 Å². The van der Waals surface area contributed by atoms with Crippen LogP contribution in [0.5, 0.6) is 0 Å². The largest absolute Gasteiger partial charge is 0.378 e. The second kappa shape index (κ2) is 7.62. The minimum Gasteiger partial charge on any atom is -0.378 e. The smallest absolute Gasteiger partial charge is 0.287 e. The van der Waals surface area contributed by atoms with E-state index < -0.39 is 0 Å². The van der Waals surface area contributed by atoms with Gasteiger partial charge in [-0.3, -0.25) is 14.0 Å². The molecule has 0 spiro atoms. The van der Waals surface area contributed by atoms with Gasteiger partial charge in [-0.25, -0.2) is 4.98 Å². The molecule has 8 nitrogen and oxygen atoms in total. The van der Waals surface area contributed by atoms with E-state index in [1.54, 1.807) is 21.6 Å². The third kappa shape index (κ3) is 3.80. The topological polar surface area (TPSA) is 79.2 Å². The Morgan fingerprint density at radius 2 is 2.04 bits per heavy atom. The first-order valence-corrected chi connectivity index (χ1v) is 8.35. The molecule has 25 heavy (non-hydrogen) atoms. The number of morpholine rings is 1. The molecule has 1 fully saturated rings. The van der Waals surface area contributed by atoms with Crippen LogP contribution in [-0.2, 0) is 4.74 Å². The summed E-state index contributed by atoms with van der Waals surface area (Å²) in [4.78, 5) is 33.4. The molecule has 2 aromatic rings. The van der Waals surface area contributed by atoms with Crippen LogP contribution in [-0.4, -0.2) is 84.5 Å². The van der Waals surface area contributed by atoms with Crippen LogP contribution in [0.25, 0.3) is 5.52 Å². The maximum Gasteiger partial charge on any atom is 0.287 e. The van der Waals surface area contributed by atoms with Crippen LogP contribution in [0.4, 0.5) is 0 Å². The summed E-state index contributed by atoms with van der Waals surface area (Å²) in [6.45, 7) is 3.36. The molecule has 3 heterocycles. The monoisotopic (exact) mass is 345 g/mol. The maximum absolute atomic E-state index is 12.8. The number of likely N-dealkylation sites (N-methyl/N-ethyl adjacent to an activating group) is 1. The summed E-state index contributed by atoms with van der Waals surface area (Å²) in [7, 11) is 3.88. The Hall–Kier alpha value is -2.45. The lowest BCUT2D eigenvalue weighted by Gasteiger charge is -2.26. The summed E-state index contributed by atoms with van der Waals surface area (Å²) >= 11 is 0. The zero-order valence-corrected chi connectivity index (χ0v) is 14.6. The van der Waals surface area contributed by atoms with Crippen molar-refractivity contribution in [2.24, 2.45) is 0 Å². The number of pyridine rings is 1. The van der Waals surface area contributed by atoms with Crippen molar-refractivity contribution in [1.82, 2.24) is 24.5 Å². The summed E-state index contributed by atoms with van der Waals surface area (Å²) in [6, 6.07) is 5.45. The normalized spacial score (nSPS) is 14.9. The van der Waals surface area contributed by atoms with E-state index in [9.17, 15) is 9.59 Å². The van der Waals surface area contributed by atoms with Gasteiger partial charge in [-0.05, 0) is 26.2 Å². The highest BCUT2D eigenvalue weighted by Gasteiger charge is 2.26. The quantitative estimate of drug-likeness (QED) is 0.831. The molecular formula is C17H23N5O3. The number of rotatable bonds is 5. The van der Waals surface area contributed by atoms with Gasteiger partial charge in [0.1, 0.15) is 0 Å². The lowest BCUT2D eigenvalue weighted by atomic mass is 10.3. The van der Waals surface area contributed by atoms with Crippen molar-refractivity contribution in [3.8, 4) is 0 Å². The van der Waals surface area contributed by atoms with Crippen LogP contribution in [0.3, 0.4) is 0 Å². The number of amides is 2. The predicted octanol–water partition coefficient (Wildman–Crippen LogP) is 0.0981. The standard InChI is InChI=1S/C17H23N5O3/c1-20(2)8-6-18-16(23)15-19-14(13-5-3-4-7-22(13)15)17(24)21-9-11-25-12-10-21/h3-5,7H,6,8-12H2,1-2H3,(H,18,23). The third-order valence-electron chi connectivity index (χ3n) is 4.10. The van der Waals surface area contributed by atoms with Gasteiger partial charge in [0.2, 0.25) is 5.82 Å². The fourth-order valence-corrected chi connectivity index (χ4v) is 2.74. The Morgan fingerprint density at radius 1 is 1.28 bits per heavy atom. The molecule has 2 aromatic heterocycles. The zero-order chi connectivity index (χ0) is 17.8. The highest BCUT2D eigenvalue weighted by Crippen LogP contribution is 2.16. The van der Waals surface area contributed by atoms with Crippen molar-refractivity contribution in [3.63, 3.8) is 0 Å². The molecular weight excluding hydrogens is 322 g/mol. The van der Waals surface area contributed by atoms with Crippen LogP contribution in [0.15, 0.2) is 24.4 Å². The van der Waals surface area contributed by atoms with E-state index in [-0.39, 0.29) is 17.6 Å². The molecule has 0 atom stereocenters. The van der Waals surface area contributed by atoms with Gasteiger partial charge < -0.3 is 19.9 Å². The van der Waals surface area contributed by atoms with Crippen molar-refractivity contribution in [3.05, 3.63) is 35.9 Å². The minimum absolute atomic E-state index is 0.167. The first-order valence-electron chi connectivity index (χ1n) is 8.35. The number of imidazole rings is 1. The molecule has 1 aliphatic rings. The van der Waals surface area contributed by atoms with Gasteiger partial charge >= 0.3 is 0 Å². The summed E-state index contributed by atoms with van der Waals surface area (Å²) in [6.07, 6.45) is 1.75. The lowest BCUT2D eigenvalue weighted by molar-refractivity contribution is 0.0300. The first-order chi connectivity index (χ1) is 12.1. The van der Waals surface area contributed by atoms with E-state index in [0.717, 1.165) is 6.54 Å². The molecule has 0 saturated carbocycles. The van der Waals surface area contributed by atoms with Gasteiger partial charge in [-0.2, -0.15) is 0 Å². The lowest BCUT2D eigenvalue weighted by Crippen LogP contribution is -2.41. The molecule has 134 valence electrons. The second-order valence-electron chi connectivity index (χ2n) is 6.20. The first kappa shape index (κ1) is 17.4. The van der Waals surface area contributed by atoms with Crippen molar-refractivity contribution >= 4 is 17.3 Å². The number of carbonyl (C=O) groups is 2. The third-order valence-corrected chi connectivity index (χ3v) is 4.10. The van der Waals surface area contributed by atoms with E-state index in [4.69, 9.17) is 4.74 Å². The average Bonchev–Trinajstić information content (AvgIpc) is 3.01. The molecule has 1 N–H and O–H groups in total.